The van der Waals surface area contributed by atoms with Gasteiger partial charge >= 0.3 is 12.2 Å². The summed E-state index contributed by atoms with van der Waals surface area (Å²) < 4.78 is 11.0. The van der Waals surface area contributed by atoms with Crippen LogP contribution in [0.2, 0.25) is 0 Å². The number of rotatable bonds is 5. The maximum Gasteiger partial charge on any atom is 0.410 e. The van der Waals surface area contributed by atoms with Crippen molar-refractivity contribution >= 4 is 12.2 Å². The van der Waals surface area contributed by atoms with E-state index >= 15 is 0 Å². The zero-order chi connectivity index (χ0) is 20.9. The Hall–Kier alpha value is -2.28. The second-order valence-electron chi connectivity index (χ2n) is 8.98. The summed E-state index contributed by atoms with van der Waals surface area (Å²) >= 11 is 0. The van der Waals surface area contributed by atoms with Gasteiger partial charge in [0.25, 0.3) is 0 Å². The molecule has 29 heavy (non-hydrogen) atoms. The van der Waals surface area contributed by atoms with Crippen LogP contribution in [0.3, 0.4) is 0 Å². The zero-order valence-corrected chi connectivity index (χ0v) is 17.6. The molecule has 2 heterocycles. The maximum absolute atomic E-state index is 12.6. The molecule has 7 nitrogen and oxygen atoms in total. The fourth-order valence-corrected chi connectivity index (χ4v) is 3.91. The average Bonchev–Trinajstić information content (AvgIpc) is 2.63. The van der Waals surface area contributed by atoms with Gasteiger partial charge in [0.05, 0.1) is 0 Å². The minimum Gasteiger partial charge on any atom is -0.445 e. The number of nitrogens with one attached hydrogen (secondary N) is 2. The van der Waals surface area contributed by atoms with Crippen molar-refractivity contribution in [3.8, 4) is 0 Å². The molecule has 0 aliphatic carbocycles. The molecule has 0 bridgehead atoms. The molecule has 0 aromatic heterocycles. The monoisotopic (exact) mass is 403 g/mol. The second kappa shape index (κ2) is 9.48. The van der Waals surface area contributed by atoms with Gasteiger partial charge in [0, 0.05) is 38.1 Å². The first-order valence-corrected chi connectivity index (χ1v) is 10.5. The zero-order valence-electron chi connectivity index (χ0n) is 17.6. The first-order chi connectivity index (χ1) is 13.8. The summed E-state index contributed by atoms with van der Waals surface area (Å²) in [7, 11) is 0. The molecular formula is C22H33N3O4. The number of likely N-dealkylation sites (tertiary alicyclic amines) is 1. The first-order valence-electron chi connectivity index (χ1n) is 10.5. The summed E-state index contributed by atoms with van der Waals surface area (Å²) in [5.74, 6) is 0.542. The van der Waals surface area contributed by atoms with E-state index in [1.807, 2.05) is 51.1 Å². The minimum absolute atomic E-state index is 0.0178. The Balaban J connectivity index is 1.57. The molecule has 2 amide bonds. The largest absolute Gasteiger partial charge is 0.445 e. The molecule has 2 N–H and O–H groups in total. The van der Waals surface area contributed by atoms with Crippen LogP contribution < -0.4 is 10.6 Å². The number of carbonyl (C=O) groups is 2. The Bertz CT molecular complexity index is 685. The van der Waals surface area contributed by atoms with Crippen molar-refractivity contribution in [2.45, 2.75) is 51.9 Å². The third-order valence-corrected chi connectivity index (χ3v) is 5.43. The second-order valence-corrected chi connectivity index (χ2v) is 8.98. The Kier molecular flexibility index (Phi) is 7.00. The molecule has 1 aromatic carbocycles. The van der Waals surface area contributed by atoms with Crippen molar-refractivity contribution < 1.29 is 19.1 Å². The molecular weight excluding hydrogens is 370 g/mol. The van der Waals surface area contributed by atoms with E-state index in [4.69, 9.17) is 9.47 Å². The van der Waals surface area contributed by atoms with E-state index in [1.54, 1.807) is 4.90 Å². The van der Waals surface area contributed by atoms with Gasteiger partial charge in [-0.3, -0.25) is 0 Å². The number of hydrogen-bond donors (Lipinski definition) is 2. The van der Waals surface area contributed by atoms with Crippen LogP contribution >= 0.6 is 0 Å². The number of piperidine rings is 1. The molecule has 160 valence electrons. The molecule has 2 atom stereocenters. The highest BCUT2D eigenvalue weighted by Crippen LogP contribution is 2.27. The number of benzene rings is 1. The lowest BCUT2D eigenvalue weighted by Crippen LogP contribution is -2.60. The van der Waals surface area contributed by atoms with Crippen molar-refractivity contribution in [3.63, 3.8) is 0 Å². The van der Waals surface area contributed by atoms with E-state index in [1.165, 1.54) is 0 Å². The van der Waals surface area contributed by atoms with E-state index in [0.717, 1.165) is 31.5 Å². The van der Waals surface area contributed by atoms with Gasteiger partial charge in [0.15, 0.2) is 0 Å². The predicted octanol–water partition coefficient (Wildman–Crippen LogP) is 3.15. The Labute approximate surface area is 173 Å². The quantitative estimate of drug-likeness (QED) is 0.790. The highest BCUT2D eigenvalue weighted by molar-refractivity contribution is 5.69. The SMILES string of the molecule is CC(C)(C)OC(=O)N[C@@H](C1CNC1)[C@@H]1CCCN(C(=O)OCc2ccccc2)C1. The van der Waals surface area contributed by atoms with Gasteiger partial charge in [-0.2, -0.15) is 0 Å². The summed E-state index contributed by atoms with van der Waals surface area (Å²) in [5, 5.41) is 6.36. The fourth-order valence-electron chi connectivity index (χ4n) is 3.91. The highest BCUT2D eigenvalue weighted by Gasteiger charge is 2.38. The van der Waals surface area contributed by atoms with Crippen LogP contribution in [0.5, 0.6) is 0 Å². The van der Waals surface area contributed by atoms with E-state index in [2.05, 4.69) is 10.6 Å². The molecule has 2 fully saturated rings. The van der Waals surface area contributed by atoms with Crippen LogP contribution in [0.1, 0.15) is 39.2 Å². The molecule has 2 aliphatic rings. The average molecular weight is 404 g/mol. The Morgan fingerprint density at radius 3 is 2.55 bits per heavy atom. The lowest BCUT2D eigenvalue weighted by Gasteiger charge is -2.43. The third kappa shape index (κ3) is 6.35. The van der Waals surface area contributed by atoms with E-state index in [-0.39, 0.29) is 24.7 Å². The third-order valence-electron chi connectivity index (χ3n) is 5.43. The van der Waals surface area contributed by atoms with Gasteiger partial charge < -0.3 is 25.0 Å². The van der Waals surface area contributed by atoms with Crippen molar-refractivity contribution in [1.29, 1.82) is 0 Å². The molecule has 2 saturated heterocycles. The number of carbonyl (C=O) groups excluding carboxylic acids is 2. The van der Waals surface area contributed by atoms with Crippen molar-refractivity contribution in [2.75, 3.05) is 26.2 Å². The topological polar surface area (TPSA) is 79.9 Å². The molecule has 0 saturated carbocycles. The normalized spacial score (nSPS) is 21.1. The minimum atomic E-state index is -0.535. The first kappa shape index (κ1) is 21.4. The number of ether oxygens (including phenoxy) is 2. The van der Waals surface area contributed by atoms with Crippen LogP contribution in [0.4, 0.5) is 9.59 Å². The van der Waals surface area contributed by atoms with Gasteiger partial charge in [0.1, 0.15) is 12.2 Å². The van der Waals surface area contributed by atoms with Crippen molar-refractivity contribution in [1.82, 2.24) is 15.5 Å². The molecule has 0 unspecified atom stereocenters. The summed E-state index contributed by atoms with van der Waals surface area (Å²) in [5.41, 5.74) is 0.436. The standard InChI is InChI=1S/C22H33N3O4/c1-22(2,3)29-20(26)24-19(18-12-23-13-18)17-10-7-11-25(14-17)21(27)28-15-16-8-5-4-6-9-16/h4-6,8-9,17-19,23H,7,10-15H2,1-3H3,(H,24,26)/t17-,19-/m1/s1. The fraction of sp³-hybridized carbons (Fsp3) is 0.636. The van der Waals surface area contributed by atoms with Crippen LogP contribution in [0.15, 0.2) is 30.3 Å². The Morgan fingerprint density at radius 1 is 1.21 bits per heavy atom. The van der Waals surface area contributed by atoms with E-state index in [0.29, 0.717) is 19.0 Å². The molecule has 3 rings (SSSR count). The summed E-state index contributed by atoms with van der Waals surface area (Å²) in [6, 6.07) is 9.66. The molecule has 0 spiro atoms. The van der Waals surface area contributed by atoms with Crippen molar-refractivity contribution in [2.24, 2.45) is 11.8 Å². The van der Waals surface area contributed by atoms with Crippen LogP contribution in [0, 0.1) is 11.8 Å². The number of hydrogen-bond acceptors (Lipinski definition) is 5. The molecule has 0 radical (unpaired) electrons. The molecule has 7 heteroatoms. The molecule has 1 aromatic rings. The maximum atomic E-state index is 12.6. The van der Waals surface area contributed by atoms with E-state index in [9.17, 15) is 9.59 Å². The summed E-state index contributed by atoms with van der Waals surface area (Å²) in [4.78, 5) is 26.7. The van der Waals surface area contributed by atoms with Crippen LogP contribution in [-0.4, -0.2) is 54.9 Å². The smallest absolute Gasteiger partial charge is 0.410 e. The van der Waals surface area contributed by atoms with Crippen molar-refractivity contribution in [3.05, 3.63) is 35.9 Å². The van der Waals surface area contributed by atoms with Gasteiger partial charge in [-0.05, 0) is 45.1 Å². The lowest BCUT2D eigenvalue weighted by molar-refractivity contribution is 0.0365. The predicted molar refractivity (Wildman–Crippen MR) is 110 cm³/mol. The molecule has 2 aliphatic heterocycles. The van der Waals surface area contributed by atoms with E-state index < -0.39 is 11.7 Å². The van der Waals surface area contributed by atoms with Gasteiger partial charge in [0.2, 0.25) is 0 Å². The van der Waals surface area contributed by atoms with Gasteiger partial charge in [-0.25, -0.2) is 9.59 Å². The number of amides is 2. The Morgan fingerprint density at radius 2 is 1.93 bits per heavy atom. The van der Waals surface area contributed by atoms with Gasteiger partial charge in [-0.1, -0.05) is 30.3 Å². The van der Waals surface area contributed by atoms with Crippen LogP contribution in [0.25, 0.3) is 0 Å². The summed E-state index contributed by atoms with van der Waals surface area (Å²) in [6.07, 6.45) is 1.19. The van der Waals surface area contributed by atoms with Crippen LogP contribution in [-0.2, 0) is 16.1 Å². The lowest BCUT2D eigenvalue weighted by atomic mass is 9.80. The highest BCUT2D eigenvalue weighted by atomic mass is 16.6. The number of alkyl carbamates (subject to hydrolysis) is 1. The summed E-state index contributed by atoms with van der Waals surface area (Å²) in [6.45, 7) is 8.86. The number of nitrogens with zero attached hydrogens (tertiary/aromatic N) is 1. The van der Waals surface area contributed by atoms with Gasteiger partial charge in [-0.15, -0.1) is 0 Å².